The van der Waals surface area contributed by atoms with Crippen molar-refractivity contribution in [3.63, 3.8) is 0 Å². The van der Waals surface area contributed by atoms with Gasteiger partial charge in [-0.3, -0.25) is 9.59 Å². The van der Waals surface area contributed by atoms with E-state index in [4.69, 9.17) is 15.3 Å². The lowest BCUT2D eigenvalue weighted by Crippen LogP contribution is -2.37. The molecule has 0 aliphatic carbocycles. The van der Waals surface area contributed by atoms with Crippen LogP contribution in [0.5, 0.6) is 5.75 Å². The van der Waals surface area contributed by atoms with Crippen LogP contribution < -0.4 is 15.9 Å². The first-order chi connectivity index (χ1) is 14.4. The molecule has 7 heteroatoms. The number of nitrogens with zero attached hydrogens (tertiary/aromatic N) is 1. The van der Waals surface area contributed by atoms with E-state index < -0.39 is 5.60 Å². The Hall–Kier alpha value is -3.35. The molecule has 7 nitrogen and oxygen atoms in total. The average molecular weight is 409 g/mol. The summed E-state index contributed by atoms with van der Waals surface area (Å²) in [6.07, 6.45) is 4.07. The van der Waals surface area contributed by atoms with E-state index in [9.17, 15) is 9.59 Å². The Morgan fingerprint density at radius 2 is 2.03 bits per heavy atom. The standard InChI is InChI=1S/C23H27N3O4/c1-3-29-21(27)11-13-23(2)12-10-18-14-19(8-9-20(18)30-23)26-22(28)17-6-4-16(5-7-17)15-25-24/h4-9,14-15H,3,10-13,24H2,1-2H3,(H,26,28). The van der Waals surface area contributed by atoms with Crippen molar-refractivity contribution in [1.29, 1.82) is 0 Å². The summed E-state index contributed by atoms with van der Waals surface area (Å²) in [5, 5.41) is 6.39. The summed E-state index contributed by atoms with van der Waals surface area (Å²) in [5.74, 6) is 5.53. The average Bonchev–Trinajstić information content (AvgIpc) is 2.73. The van der Waals surface area contributed by atoms with Crippen LogP contribution in [0.15, 0.2) is 47.6 Å². The molecule has 0 spiro atoms. The van der Waals surface area contributed by atoms with Crippen LogP contribution in [0.2, 0.25) is 0 Å². The molecule has 0 bridgehead atoms. The number of rotatable bonds is 7. The molecule has 1 atom stereocenters. The summed E-state index contributed by atoms with van der Waals surface area (Å²) in [6, 6.07) is 12.6. The second kappa shape index (κ2) is 9.43. The zero-order chi connectivity index (χ0) is 21.6. The van der Waals surface area contributed by atoms with Crippen LogP contribution in [0, 0.1) is 0 Å². The number of aryl methyl sites for hydroxylation is 1. The first-order valence-corrected chi connectivity index (χ1v) is 10.0. The molecule has 1 unspecified atom stereocenters. The number of hydrazone groups is 1. The van der Waals surface area contributed by atoms with Gasteiger partial charge in [-0.15, -0.1) is 0 Å². The number of hydrogen-bond acceptors (Lipinski definition) is 6. The summed E-state index contributed by atoms with van der Waals surface area (Å²) in [6.45, 7) is 4.21. The number of hydrogen-bond donors (Lipinski definition) is 2. The van der Waals surface area contributed by atoms with Crippen LogP contribution in [0.25, 0.3) is 0 Å². The van der Waals surface area contributed by atoms with E-state index in [1.54, 1.807) is 31.2 Å². The van der Waals surface area contributed by atoms with Gasteiger partial charge in [-0.1, -0.05) is 12.1 Å². The Kier molecular flexibility index (Phi) is 6.72. The normalized spacial score (nSPS) is 17.8. The van der Waals surface area contributed by atoms with Crippen molar-refractivity contribution in [3.8, 4) is 5.75 Å². The smallest absolute Gasteiger partial charge is 0.305 e. The van der Waals surface area contributed by atoms with Gasteiger partial charge >= 0.3 is 5.97 Å². The van der Waals surface area contributed by atoms with E-state index >= 15 is 0 Å². The van der Waals surface area contributed by atoms with E-state index in [0.717, 1.165) is 29.7 Å². The first kappa shape index (κ1) is 21.4. The second-order valence-electron chi connectivity index (χ2n) is 7.53. The first-order valence-electron chi connectivity index (χ1n) is 10.0. The molecule has 0 aromatic heterocycles. The fourth-order valence-electron chi connectivity index (χ4n) is 3.45. The number of esters is 1. The summed E-state index contributed by atoms with van der Waals surface area (Å²) < 4.78 is 11.2. The molecule has 2 aromatic carbocycles. The molecule has 0 fully saturated rings. The van der Waals surface area contributed by atoms with Crippen LogP contribution in [0.4, 0.5) is 5.69 Å². The number of carbonyl (C=O) groups is 2. The largest absolute Gasteiger partial charge is 0.487 e. The third kappa shape index (κ3) is 5.37. The van der Waals surface area contributed by atoms with Gasteiger partial charge in [0, 0.05) is 17.7 Å². The lowest BCUT2D eigenvalue weighted by Gasteiger charge is -2.36. The summed E-state index contributed by atoms with van der Waals surface area (Å²) >= 11 is 0. The lowest BCUT2D eigenvalue weighted by atomic mass is 9.88. The number of nitrogens with two attached hydrogens (primary N) is 1. The molecular formula is C23H27N3O4. The van der Waals surface area contributed by atoms with E-state index in [0.29, 0.717) is 30.7 Å². The predicted octanol–water partition coefficient (Wildman–Crippen LogP) is 3.66. The zero-order valence-corrected chi connectivity index (χ0v) is 17.3. The number of amides is 1. The predicted molar refractivity (Wildman–Crippen MR) is 116 cm³/mol. The Bertz CT molecular complexity index is 940. The van der Waals surface area contributed by atoms with E-state index in [1.165, 1.54) is 6.21 Å². The molecule has 1 amide bonds. The summed E-state index contributed by atoms with van der Waals surface area (Å²) in [4.78, 5) is 24.2. The van der Waals surface area contributed by atoms with Gasteiger partial charge in [0.1, 0.15) is 11.4 Å². The van der Waals surface area contributed by atoms with Gasteiger partial charge in [0.25, 0.3) is 5.91 Å². The molecule has 158 valence electrons. The highest BCUT2D eigenvalue weighted by atomic mass is 16.5. The highest BCUT2D eigenvalue weighted by Gasteiger charge is 2.32. The molecule has 0 saturated carbocycles. The molecule has 1 aliphatic rings. The van der Waals surface area contributed by atoms with Crippen molar-refractivity contribution in [2.75, 3.05) is 11.9 Å². The maximum absolute atomic E-state index is 12.5. The minimum atomic E-state index is -0.404. The van der Waals surface area contributed by atoms with Crippen molar-refractivity contribution in [1.82, 2.24) is 0 Å². The van der Waals surface area contributed by atoms with Crippen LogP contribution in [-0.2, 0) is 16.0 Å². The zero-order valence-electron chi connectivity index (χ0n) is 17.3. The van der Waals surface area contributed by atoms with Crippen molar-refractivity contribution in [2.45, 2.75) is 45.1 Å². The highest BCUT2D eigenvalue weighted by molar-refractivity contribution is 6.04. The van der Waals surface area contributed by atoms with Gasteiger partial charge in [0.15, 0.2) is 0 Å². The number of fused-ring (bicyclic) bond motifs is 1. The molecule has 1 aliphatic heterocycles. The van der Waals surface area contributed by atoms with E-state index in [1.807, 2.05) is 25.1 Å². The molecule has 1 heterocycles. The van der Waals surface area contributed by atoms with Gasteiger partial charge < -0.3 is 20.6 Å². The van der Waals surface area contributed by atoms with Crippen molar-refractivity contribution in [2.24, 2.45) is 10.9 Å². The monoisotopic (exact) mass is 409 g/mol. The maximum Gasteiger partial charge on any atom is 0.305 e. The summed E-state index contributed by atoms with van der Waals surface area (Å²) in [7, 11) is 0. The van der Waals surface area contributed by atoms with Gasteiger partial charge in [-0.2, -0.15) is 5.10 Å². The molecule has 0 saturated heterocycles. The molecule has 0 radical (unpaired) electrons. The maximum atomic E-state index is 12.5. The number of nitrogens with one attached hydrogen (secondary N) is 1. The van der Waals surface area contributed by atoms with E-state index in [2.05, 4.69) is 10.4 Å². The van der Waals surface area contributed by atoms with Crippen LogP contribution in [-0.4, -0.2) is 30.3 Å². The second-order valence-corrected chi connectivity index (χ2v) is 7.53. The Labute approximate surface area is 176 Å². The number of anilines is 1. The Morgan fingerprint density at radius 1 is 1.27 bits per heavy atom. The quantitative estimate of drug-likeness (QED) is 0.314. The third-order valence-electron chi connectivity index (χ3n) is 5.16. The molecule has 3 rings (SSSR count). The Morgan fingerprint density at radius 3 is 2.73 bits per heavy atom. The van der Waals surface area contributed by atoms with E-state index in [-0.39, 0.29) is 11.9 Å². The fourth-order valence-corrected chi connectivity index (χ4v) is 3.45. The van der Waals surface area contributed by atoms with Gasteiger partial charge in [-0.05, 0) is 74.6 Å². The van der Waals surface area contributed by atoms with Gasteiger partial charge in [-0.25, -0.2) is 0 Å². The van der Waals surface area contributed by atoms with Crippen molar-refractivity contribution < 1.29 is 19.1 Å². The van der Waals surface area contributed by atoms with Crippen molar-refractivity contribution >= 4 is 23.8 Å². The van der Waals surface area contributed by atoms with Crippen LogP contribution in [0.3, 0.4) is 0 Å². The van der Waals surface area contributed by atoms with Crippen LogP contribution in [0.1, 0.15) is 54.6 Å². The van der Waals surface area contributed by atoms with Gasteiger partial charge in [0.05, 0.1) is 12.8 Å². The topological polar surface area (TPSA) is 103 Å². The minimum absolute atomic E-state index is 0.192. The summed E-state index contributed by atoms with van der Waals surface area (Å²) in [5.41, 5.74) is 2.72. The molecule has 30 heavy (non-hydrogen) atoms. The molecule has 3 N–H and O–H groups in total. The van der Waals surface area contributed by atoms with Gasteiger partial charge in [0.2, 0.25) is 0 Å². The number of benzene rings is 2. The Balaban J connectivity index is 1.63. The third-order valence-corrected chi connectivity index (χ3v) is 5.16. The highest BCUT2D eigenvalue weighted by Crippen LogP contribution is 2.37. The molecular weight excluding hydrogens is 382 g/mol. The van der Waals surface area contributed by atoms with Crippen molar-refractivity contribution in [3.05, 3.63) is 59.2 Å². The fraction of sp³-hybridized carbons (Fsp3) is 0.348. The number of ether oxygens (including phenoxy) is 2. The molecule has 2 aromatic rings. The SMILES string of the molecule is CCOC(=O)CCC1(C)CCc2cc(NC(=O)c3ccc(C=NN)cc3)ccc2O1. The minimum Gasteiger partial charge on any atom is -0.487 e. The number of carbonyl (C=O) groups excluding carboxylic acids is 2. The van der Waals surface area contributed by atoms with Crippen LogP contribution >= 0.6 is 0 Å². The lowest BCUT2D eigenvalue weighted by molar-refractivity contribution is -0.144.